The molecule has 0 saturated heterocycles. The maximum atomic E-state index is 5.18. The summed E-state index contributed by atoms with van der Waals surface area (Å²) < 4.78 is 0. The Morgan fingerprint density at radius 3 is 2.17 bits per heavy atom. The second kappa shape index (κ2) is 6.85. The molecule has 1 aliphatic heterocycles. The van der Waals surface area contributed by atoms with Crippen LogP contribution in [0.1, 0.15) is 22.7 Å². The standard InChI is InChI=1S/C28H20N2/c1-2-10-21(11-3-1)28-29-26(23-15-14-19-8-4-5-12-22(19)18-23)25-17-16-20-9-6-7-13-24(20)27(25)30-28/h1-18,26H,(H,29,30). The molecule has 0 saturated carbocycles. The zero-order valence-corrected chi connectivity index (χ0v) is 16.4. The molecule has 0 fully saturated rings. The summed E-state index contributed by atoms with van der Waals surface area (Å²) in [5.74, 6) is 0.914. The van der Waals surface area contributed by atoms with E-state index in [1.807, 2.05) is 6.07 Å². The molecule has 1 aliphatic rings. The van der Waals surface area contributed by atoms with Gasteiger partial charge in [0.05, 0.1) is 5.69 Å². The second-order valence-electron chi connectivity index (χ2n) is 7.73. The molecule has 2 nitrogen and oxygen atoms in total. The lowest BCUT2D eigenvalue weighted by Crippen LogP contribution is -2.22. The molecular formula is C28H20N2. The van der Waals surface area contributed by atoms with Gasteiger partial charge < -0.3 is 5.32 Å². The van der Waals surface area contributed by atoms with Gasteiger partial charge in [-0.15, -0.1) is 0 Å². The fraction of sp³-hybridized carbons (Fsp3) is 0.0357. The first-order valence-corrected chi connectivity index (χ1v) is 10.3. The summed E-state index contributed by atoms with van der Waals surface area (Å²) in [6, 6.07) is 38.5. The van der Waals surface area contributed by atoms with Crippen LogP contribution >= 0.6 is 0 Å². The molecule has 5 aromatic rings. The predicted octanol–water partition coefficient (Wildman–Crippen LogP) is 6.95. The van der Waals surface area contributed by atoms with Crippen LogP contribution in [0, 0.1) is 0 Å². The molecule has 0 radical (unpaired) electrons. The van der Waals surface area contributed by atoms with E-state index in [0.717, 1.165) is 17.1 Å². The molecule has 0 bridgehead atoms. The minimum atomic E-state index is -0.0503. The summed E-state index contributed by atoms with van der Waals surface area (Å²) in [7, 11) is 0. The van der Waals surface area contributed by atoms with Crippen molar-refractivity contribution in [3.05, 3.63) is 126 Å². The predicted molar refractivity (Wildman–Crippen MR) is 126 cm³/mol. The van der Waals surface area contributed by atoms with E-state index in [1.165, 1.54) is 32.7 Å². The molecule has 0 spiro atoms. The first-order valence-electron chi connectivity index (χ1n) is 10.3. The fourth-order valence-electron chi connectivity index (χ4n) is 4.38. The van der Waals surface area contributed by atoms with Crippen LogP contribution < -0.4 is 5.32 Å². The Hall–Kier alpha value is -3.91. The zero-order valence-electron chi connectivity index (χ0n) is 16.4. The highest BCUT2D eigenvalue weighted by atomic mass is 15.0. The van der Waals surface area contributed by atoms with Crippen molar-refractivity contribution in [3.8, 4) is 0 Å². The van der Waals surface area contributed by atoms with E-state index in [0.29, 0.717) is 0 Å². The average Bonchev–Trinajstić information content (AvgIpc) is 2.83. The van der Waals surface area contributed by atoms with Gasteiger partial charge in [0.15, 0.2) is 0 Å². The number of fused-ring (bicyclic) bond motifs is 4. The van der Waals surface area contributed by atoms with Crippen LogP contribution in [-0.2, 0) is 0 Å². The Bertz CT molecular complexity index is 1420. The molecule has 1 N–H and O–H groups in total. The number of benzene rings is 5. The van der Waals surface area contributed by atoms with Crippen molar-refractivity contribution in [1.82, 2.24) is 0 Å². The van der Waals surface area contributed by atoms with Crippen molar-refractivity contribution >= 4 is 33.1 Å². The van der Waals surface area contributed by atoms with Crippen LogP contribution in [0.3, 0.4) is 0 Å². The van der Waals surface area contributed by atoms with Gasteiger partial charge in [-0.05, 0) is 27.8 Å². The molecule has 142 valence electrons. The normalized spacial score (nSPS) is 15.5. The van der Waals surface area contributed by atoms with E-state index >= 15 is 0 Å². The second-order valence-corrected chi connectivity index (χ2v) is 7.73. The topological polar surface area (TPSA) is 24.4 Å². The number of nitrogens with one attached hydrogen (secondary N) is 1. The Kier molecular flexibility index (Phi) is 3.88. The Morgan fingerprint density at radius 2 is 1.30 bits per heavy atom. The van der Waals surface area contributed by atoms with Crippen LogP contribution in [0.4, 0.5) is 5.69 Å². The molecule has 0 aromatic heterocycles. The molecule has 0 aliphatic carbocycles. The summed E-state index contributed by atoms with van der Waals surface area (Å²) >= 11 is 0. The van der Waals surface area contributed by atoms with Gasteiger partial charge in [0.25, 0.3) is 0 Å². The first kappa shape index (κ1) is 17.0. The lowest BCUT2D eigenvalue weighted by molar-refractivity contribution is 0.867. The number of aliphatic imine (C=N–C) groups is 1. The highest BCUT2D eigenvalue weighted by molar-refractivity contribution is 6.14. The van der Waals surface area contributed by atoms with E-state index < -0.39 is 0 Å². The minimum absolute atomic E-state index is 0.0503. The van der Waals surface area contributed by atoms with Gasteiger partial charge in [-0.25, -0.2) is 0 Å². The van der Waals surface area contributed by atoms with E-state index in [2.05, 4.69) is 108 Å². The SMILES string of the molecule is c1ccc(C2=NC(c3ccc4ccccc4c3)c3ccc4ccccc4c3N2)cc1. The third-order valence-electron chi connectivity index (χ3n) is 5.89. The van der Waals surface area contributed by atoms with E-state index in [9.17, 15) is 0 Å². The van der Waals surface area contributed by atoms with E-state index in [1.54, 1.807) is 0 Å². The van der Waals surface area contributed by atoms with Gasteiger partial charge in [-0.1, -0.05) is 103 Å². The van der Waals surface area contributed by atoms with Crippen molar-refractivity contribution in [1.29, 1.82) is 0 Å². The third-order valence-corrected chi connectivity index (χ3v) is 5.89. The molecular weight excluding hydrogens is 364 g/mol. The van der Waals surface area contributed by atoms with E-state index in [-0.39, 0.29) is 6.04 Å². The highest BCUT2D eigenvalue weighted by Crippen LogP contribution is 2.40. The smallest absolute Gasteiger partial charge is 0.133 e. The van der Waals surface area contributed by atoms with Crippen LogP contribution in [0.15, 0.2) is 114 Å². The van der Waals surface area contributed by atoms with Gasteiger partial charge >= 0.3 is 0 Å². The molecule has 5 aromatic carbocycles. The molecule has 2 heteroatoms. The summed E-state index contributed by atoms with van der Waals surface area (Å²) in [6.45, 7) is 0. The first-order chi connectivity index (χ1) is 14.9. The Labute approximate surface area is 175 Å². The molecule has 30 heavy (non-hydrogen) atoms. The maximum Gasteiger partial charge on any atom is 0.133 e. The number of rotatable bonds is 2. The molecule has 6 rings (SSSR count). The van der Waals surface area contributed by atoms with Crippen molar-refractivity contribution in [3.63, 3.8) is 0 Å². The van der Waals surface area contributed by atoms with Crippen LogP contribution in [0.5, 0.6) is 0 Å². The van der Waals surface area contributed by atoms with Crippen LogP contribution in [0.2, 0.25) is 0 Å². The van der Waals surface area contributed by atoms with Crippen LogP contribution in [0.25, 0.3) is 21.5 Å². The van der Waals surface area contributed by atoms with Crippen LogP contribution in [-0.4, -0.2) is 5.84 Å². The molecule has 1 heterocycles. The summed E-state index contributed by atoms with van der Waals surface area (Å²) in [5.41, 5.74) is 4.67. The minimum Gasteiger partial charge on any atom is -0.339 e. The van der Waals surface area contributed by atoms with Crippen molar-refractivity contribution in [2.24, 2.45) is 4.99 Å². The van der Waals surface area contributed by atoms with Gasteiger partial charge in [0.2, 0.25) is 0 Å². The lowest BCUT2D eigenvalue weighted by atomic mass is 9.91. The monoisotopic (exact) mass is 384 g/mol. The Balaban J connectivity index is 1.59. The summed E-state index contributed by atoms with van der Waals surface area (Å²) in [5, 5.41) is 8.59. The summed E-state index contributed by atoms with van der Waals surface area (Å²) in [4.78, 5) is 5.18. The Morgan fingerprint density at radius 1 is 0.600 bits per heavy atom. The average molecular weight is 384 g/mol. The van der Waals surface area contributed by atoms with Gasteiger partial charge in [-0.2, -0.15) is 0 Å². The van der Waals surface area contributed by atoms with Crippen molar-refractivity contribution < 1.29 is 0 Å². The number of amidine groups is 1. The largest absolute Gasteiger partial charge is 0.339 e. The molecule has 0 amide bonds. The number of anilines is 1. The number of hydrogen-bond acceptors (Lipinski definition) is 2. The van der Waals surface area contributed by atoms with Crippen molar-refractivity contribution in [2.75, 3.05) is 5.32 Å². The lowest BCUT2D eigenvalue weighted by Gasteiger charge is -2.27. The fourth-order valence-corrected chi connectivity index (χ4v) is 4.38. The van der Waals surface area contributed by atoms with Gasteiger partial charge in [-0.3, -0.25) is 4.99 Å². The number of nitrogens with zero attached hydrogens (tertiary/aromatic N) is 1. The highest BCUT2D eigenvalue weighted by Gasteiger charge is 2.25. The molecule has 1 unspecified atom stereocenters. The van der Waals surface area contributed by atoms with Gasteiger partial charge in [0, 0.05) is 16.5 Å². The number of hydrogen-bond donors (Lipinski definition) is 1. The van der Waals surface area contributed by atoms with Gasteiger partial charge in [0.1, 0.15) is 11.9 Å². The molecule has 1 atom stereocenters. The zero-order chi connectivity index (χ0) is 19.9. The van der Waals surface area contributed by atoms with E-state index in [4.69, 9.17) is 4.99 Å². The maximum absolute atomic E-state index is 5.18. The summed E-state index contributed by atoms with van der Waals surface area (Å²) in [6.07, 6.45) is 0. The van der Waals surface area contributed by atoms with Crippen molar-refractivity contribution in [2.45, 2.75) is 6.04 Å². The third kappa shape index (κ3) is 2.77. The quantitative estimate of drug-likeness (QED) is 0.350.